The van der Waals surface area contributed by atoms with Crippen LogP contribution in [0.5, 0.6) is 0 Å². The average molecular weight is 224 g/mol. The Labute approximate surface area is 89.5 Å². The monoisotopic (exact) mass is 224 g/mol. The molecule has 2 aromatic heterocycles. The number of hydrogen-bond donors (Lipinski definition) is 0. The number of aromatic nitrogens is 4. The van der Waals surface area contributed by atoms with Crippen LogP contribution in [0.4, 0.5) is 0 Å². The third-order valence-electron chi connectivity index (χ3n) is 1.78. The van der Waals surface area contributed by atoms with Crippen molar-refractivity contribution in [3.8, 4) is 10.7 Å². The van der Waals surface area contributed by atoms with Crippen LogP contribution in [0, 0.1) is 0 Å². The predicted octanol–water partition coefficient (Wildman–Crippen LogP) is 0.575. The molecule has 2 rings (SSSR count). The zero-order chi connectivity index (χ0) is 10.7. The van der Waals surface area contributed by atoms with Gasteiger partial charge in [-0.05, 0) is 21.9 Å². The van der Waals surface area contributed by atoms with Gasteiger partial charge in [0.25, 0.3) is 0 Å². The van der Waals surface area contributed by atoms with Gasteiger partial charge in [0.2, 0.25) is 0 Å². The Balaban J connectivity index is 2.27. The molecule has 0 aliphatic heterocycles. The summed E-state index contributed by atoms with van der Waals surface area (Å²) < 4.78 is 5.96. The van der Waals surface area contributed by atoms with E-state index in [1.54, 1.807) is 0 Å². The largest absolute Gasteiger partial charge is 0.468 e. The average Bonchev–Trinajstić information content (AvgIpc) is 2.86. The highest BCUT2D eigenvalue weighted by Gasteiger charge is 2.12. The zero-order valence-electron chi connectivity index (χ0n) is 7.95. The Morgan fingerprint density at radius 1 is 1.67 bits per heavy atom. The van der Waals surface area contributed by atoms with E-state index >= 15 is 0 Å². The lowest BCUT2D eigenvalue weighted by atomic mass is 10.4. The van der Waals surface area contributed by atoms with Crippen LogP contribution in [0.1, 0.15) is 0 Å². The van der Waals surface area contributed by atoms with Gasteiger partial charge < -0.3 is 4.74 Å². The van der Waals surface area contributed by atoms with Crippen LogP contribution in [0.3, 0.4) is 0 Å². The molecule has 0 amide bonds. The Kier molecular flexibility index (Phi) is 2.72. The van der Waals surface area contributed by atoms with Gasteiger partial charge in [-0.1, -0.05) is 6.07 Å². The number of esters is 1. The number of nitrogens with zero attached hydrogens (tertiary/aromatic N) is 4. The Morgan fingerprint density at radius 2 is 2.53 bits per heavy atom. The van der Waals surface area contributed by atoms with E-state index in [0.29, 0.717) is 5.82 Å². The minimum absolute atomic E-state index is 0.0245. The molecule has 78 valence electrons. The molecular formula is C8H8N4O2S. The second-order valence-electron chi connectivity index (χ2n) is 2.71. The number of thiophene rings is 1. The molecular weight excluding hydrogens is 216 g/mol. The lowest BCUT2D eigenvalue weighted by molar-refractivity contribution is -0.141. The predicted molar refractivity (Wildman–Crippen MR) is 53.1 cm³/mol. The summed E-state index contributed by atoms with van der Waals surface area (Å²) in [6.07, 6.45) is 0. The molecule has 7 heteroatoms. The van der Waals surface area contributed by atoms with Crippen LogP contribution in [0.15, 0.2) is 17.5 Å². The van der Waals surface area contributed by atoms with Crippen molar-refractivity contribution in [2.24, 2.45) is 0 Å². The minimum atomic E-state index is -0.375. The molecule has 0 N–H and O–H groups in total. The fourth-order valence-electron chi connectivity index (χ4n) is 1.08. The maximum absolute atomic E-state index is 11.1. The molecule has 0 bridgehead atoms. The van der Waals surface area contributed by atoms with Crippen molar-refractivity contribution in [3.05, 3.63) is 17.5 Å². The van der Waals surface area contributed by atoms with Crippen molar-refractivity contribution < 1.29 is 9.53 Å². The summed E-state index contributed by atoms with van der Waals surface area (Å²) in [4.78, 5) is 12.0. The Hall–Kier alpha value is -1.76. The van der Waals surface area contributed by atoms with E-state index in [9.17, 15) is 4.79 Å². The van der Waals surface area contributed by atoms with Crippen molar-refractivity contribution in [1.82, 2.24) is 20.2 Å². The highest BCUT2D eigenvalue weighted by Crippen LogP contribution is 2.21. The second-order valence-corrected chi connectivity index (χ2v) is 3.66. The maximum atomic E-state index is 11.1. The van der Waals surface area contributed by atoms with E-state index < -0.39 is 0 Å². The van der Waals surface area contributed by atoms with Crippen LogP contribution in [0.2, 0.25) is 0 Å². The molecule has 0 unspecified atom stereocenters. The molecule has 0 aliphatic carbocycles. The second kappa shape index (κ2) is 4.18. The lowest BCUT2D eigenvalue weighted by Gasteiger charge is -2.00. The Morgan fingerprint density at radius 3 is 3.20 bits per heavy atom. The smallest absolute Gasteiger partial charge is 0.327 e. The summed E-state index contributed by atoms with van der Waals surface area (Å²) >= 11 is 1.51. The van der Waals surface area contributed by atoms with E-state index in [2.05, 4.69) is 20.3 Å². The van der Waals surface area contributed by atoms with E-state index in [1.165, 1.54) is 23.1 Å². The minimum Gasteiger partial charge on any atom is -0.468 e. The number of carbonyl (C=O) groups is 1. The van der Waals surface area contributed by atoms with Crippen LogP contribution in [-0.4, -0.2) is 33.3 Å². The first kappa shape index (κ1) is 9.78. The molecule has 2 heterocycles. The normalized spacial score (nSPS) is 10.2. The number of tetrazole rings is 1. The fraction of sp³-hybridized carbons (Fsp3) is 0.250. The van der Waals surface area contributed by atoms with Gasteiger partial charge in [-0.15, -0.1) is 16.4 Å². The van der Waals surface area contributed by atoms with E-state index in [4.69, 9.17) is 0 Å². The molecule has 0 atom stereocenters. The number of carbonyl (C=O) groups excluding carboxylic acids is 1. The van der Waals surface area contributed by atoms with Crippen LogP contribution >= 0.6 is 11.3 Å². The molecule has 15 heavy (non-hydrogen) atoms. The van der Waals surface area contributed by atoms with E-state index in [1.807, 2.05) is 17.5 Å². The van der Waals surface area contributed by atoms with E-state index in [0.717, 1.165) is 4.88 Å². The quantitative estimate of drug-likeness (QED) is 0.713. The summed E-state index contributed by atoms with van der Waals surface area (Å²) in [6.45, 7) is 0.0245. The molecule has 0 fully saturated rings. The molecule has 0 saturated carbocycles. The number of hydrogen-bond acceptors (Lipinski definition) is 6. The van der Waals surface area contributed by atoms with Crippen LogP contribution in [0.25, 0.3) is 10.7 Å². The maximum Gasteiger partial charge on any atom is 0.327 e. The summed E-state index contributed by atoms with van der Waals surface area (Å²) in [5, 5.41) is 13.0. The third-order valence-corrected chi connectivity index (χ3v) is 2.65. The first-order chi connectivity index (χ1) is 7.31. The number of methoxy groups -OCH3 is 1. The lowest BCUT2D eigenvalue weighted by Crippen LogP contribution is -2.13. The van der Waals surface area contributed by atoms with Crippen molar-refractivity contribution in [3.63, 3.8) is 0 Å². The van der Waals surface area contributed by atoms with Gasteiger partial charge in [0, 0.05) is 0 Å². The van der Waals surface area contributed by atoms with Gasteiger partial charge >= 0.3 is 5.97 Å². The molecule has 0 spiro atoms. The first-order valence-corrected chi connectivity index (χ1v) is 5.06. The van der Waals surface area contributed by atoms with Crippen LogP contribution in [-0.2, 0) is 16.1 Å². The van der Waals surface area contributed by atoms with Crippen molar-refractivity contribution >= 4 is 17.3 Å². The summed E-state index contributed by atoms with van der Waals surface area (Å²) in [5.41, 5.74) is 0. The third kappa shape index (κ3) is 2.01. The molecule has 2 aromatic rings. The molecule has 0 aromatic carbocycles. The summed E-state index contributed by atoms with van der Waals surface area (Å²) in [5.74, 6) is 0.204. The van der Waals surface area contributed by atoms with Gasteiger partial charge in [0.15, 0.2) is 5.82 Å². The molecule has 0 saturated heterocycles. The molecule has 6 nitrogen and oxygen atoms in total. The van der Waals surface area contributed by atoms with Gasteiger partial charge in [-0.3, -0.25) is 4.79 Å². The van der Waals surface area contributed by atoms with Gasteiger partial charge in [0.05, 0.1) is 12.0 Å². The highest BCUT2D eigenvalue weighted by molar-refractivity contribution is 7.13. The molecule has 0 radical (unpaired) electrons. The molecule has 0 aliphatic rings. The zero-order valence-corrected chi connectivity index (χ0v) is 8.77. The number of ether oxygens (including phenoxy) is 1. The van der Waals surface area contributed by atoms with Crippen molar-refractivity contribution in [2.75, 3.05) is 7.11 Å². The number of rotatable bonds is 3. The Bertz CT molecular complexity index is 451. The van der Waals surface area contributed by atoms with Crippen LogP contribution < -0.4 is 0 Å². The standard InChI is InChI=1S/C8H8N4O2S/c1-14-7(13)5-12-8(9-10-11-12)6-3-2-4-15-6/h2-4H,5H2,1H3. The fourth-order valence-corrected chi connectivity index (χ4v) is 1.79. The topological polar surface area (TPSA) is 69.9 Å². The first-order valence-electron chi connectivity index (χ1n) is 4.18. The highest BCUT2D eigenvalue weighted by atomic mass is 32.1. The SMILES string of the molecule is COC(=O)Cn1nnnc1-c1cccs1. The van der Waals surface area contributed by atoms with Gasteiger partial charge in [-0.2, -0.15) is 0 Å². The van der Waals surface area contributed by atoms with Crippen molar-refractivity contribution in [2.45, 2.75) is 6.54 Å². The summed E-state index contributed by atoms with van der Waals surface area (Å²) in [6, 6.07) is 3.79. The summed E-state index contributed by atoms with van der Waals surface area (Å²) in [7, 11) is 1.33. The van der Waals surface area contributed by atoms with E-state index in [-0.39, 0.29) is 12.5 Å². The van der Waals surface area contributed by atoms with Gasteiger partial charge in [-0.25, -0.2) is 4.68 Å². The van der Waals surface area contributed by atoms with Crippen molar-refractivity contribution in [1.29, 1.82) is 0 Å². The van der Waals surface area contributed by atoms with Gasteiger partial charge in [0.1, 0.15) is 6.54 Å².